The SMILES string of the molecule is CC(=O)c1nc(-c2cc(C)oc2C)cs1. The molecule has 0 saturated heterocycles. The molecule has 0 N–H and O–H groups in total. The summed E-state index contributed by atoms with van der Waals surface area (Å²) in [6, 6.07) is 1.94. The highest BCUT2D eigenvalue weighted by molar-refractivity contribution is 7.12. The molecule has 0 radical (unpaired) electrons. The van der Waals surface area contributed by atoms with Crippen molar-refractivity contribution in [3.05, 3.63) is 28.0 Å². The maximum Gasteiger partial charge on any atom is 0.188 e. The molecule has 0 fully saturated rings. The smallest absolute Gasteiger partial charge is 0.188 e. The average Bonchev–Trinajstić information content (AvgIpc) is 2.71. The highest BCUT2D eigenvalue weighted by atomic mass is 32.1. The van der Waals surface area contributed by atoms with Gasteiger partial charge >= 0.3 is 0 Å². The highest BCUT2D eigenvalue weighted by Crippen LogP contribution is 2.27. The van der Waals surface area contributed by atoms with Crippen molar-refractivity contribution in [3.63, 3.8) is 0 Å². The Morgan fingerprint density at radius 1 is 1.47 bits per heavy atom. The lowest BCUT2D eigenvalue weighted by Crippen LogP contribution is -1.89. The molecule has 0 aliphatic carbocycles. The Morgan fingerprint density at radius 2 is 2.20 bits per heavy atom. The van der Waals surface area contributed by atoms with Crippen LogP contribution in [0.15, 0.2) is 15.9 Å². The summed E-state index contributed by atoms with van der Waals surface area (Å²) in [5, 5.41) is 2.43. The van der Waals surface area contributed by atoms with Gasteiger partial charge in [0, 0.05) is 17.9 Å². The third-order valence-electron chi connectivity index (χ3n) is 2.12. The lowest BCUT2D eigenvalue weighted by Gasteiger charge is -1.90. The predicted octanol–water partition coefficient (Wildman–Crippen LogP) is 3.22. The summed E-state index contributed by atoms with van der Waals surface area (Å²) >= 11 is 1.37. The van der Waals surface area contributed by atoms with Gasteiger partial charge in [0.05, 0.1) is 5.69 Å². The number of hydrogen-bond acceptors (Lipinski definition) is 4. The van der Waals surface area contributed by atoms with E-state index in [0.29, 0.717) is 5.01 Å². The third kappa shape index (κ3) is 1.85. The van der Waals surface area contributed by atoms with Crippen LogP contribution in [-0.2, 0) is 0 Å². The standard InChI is InChI=1S/C11H11NO2S/c1-6-4-9(8(3)14-6)10-5-15-11(12-10)7(2)13/h4-5H,1-3H3. The van der Waals surface area contributed by atoms with Gasteiger partial charge in [0.25, 0.3) is 0 Å². The van der Waals surface area contributed by atoms with Gasteiger partial charge in [-0.05, 0) is 19.9 Å². The van der Waals surface area contributed by atoms with Crippen LogP contribution in [0.4, 0.5) is 0 Å². The monoisotopic (exact) mass is 221 g/mol. The van der Waals surface area contributed by atoms with E-state index in [1.165, 1.54) is 18.3 Å². The number of aryl methyl sites for hydroxylation is 2. The number of thiazole rings is 1. The second-order valence-electron chi connectivity index (χ2n) is 3.42. The number of aromatic nitrogens is 1. The maximum absolute atomic E-state index is 11.1. The molecule has 0 aromatic carbocycles. The first kappa shape index (κ1) is 10.1. The van der Waals surface area contributed by atoms with Gasteiger partial charge in [-0.15, -0.1) is 11.3 Å². The van der Waals surface area contributed by atoms with E-state index in [1.807, 2.05) is 25.3 Å². The van der Waals surface area contributed by atoms with Gasteiger partial charge in [0.15, 0.2) is 10.8 Å². The molecule has 0 aliphatic heterocycles. The zero-order valence-corrected chi connectivity index (χ0v) is 9.64. The first-order chi connectivity index (χ1) is 7.08. The first-order valence-corrected chi connectivity index (χ1v) is 5.50. The summed E-state index contributed by atoms with van der Waals surface area (Å²) in [6.45, 7) is 5.32. The number of Topliss-reactive ketones (excluding diaryl/α,β-unsaturated/α-hetero) is 1. The minimum Gasteiger partial charge on any atom is -0.466 e. The quantitative estimate of drug-likeness (QED) is 0.731. The van der Waals surface area contributed by atoms with E-state index in [1.54, 1.807) is 0 Å². The van der Waals surface area contributed by atoms with E-state index in [2.05, 4.69) is 4.98 Å². The summed E-state index contributed by atoms with van der Waals surface area (Å²) in [5.74, 6) is 1.71. The van der Waals surface area contributed by atoms with E-state index in [0.717, 1.165) is 22.8 Å². The fourth-order valence-corrected chi connectivity index (χ4v) is 2.16. The molecule has 4 heteroatoms. The Kier molecular flexibility index (Phi) is 2.44. The topological polar surface area (TPSA) is 43.1 Å². The van der Waals surface area contributed by atoms with Crippen molar-refractivity contribution in [2.24, 2.45) is 0 Å². The van der Waals surface area contributed by atoms with Gasteiger partial charge in [-0.1, -0.05) is 0 Å². The van der Waals surface area contributed by atoms with E-state index >= 15 is 0 Å². The molecule has 2 heterocycles. The average molecular weight is 221 g/mol. The van der Waals surface area contributed by atoms with Crippen LogP contribution in [0.2, 0.25) is 0 Å². The molecular weight excluding hydrogens is 210 g/mol. The van der Waals surface area contributed by atoms with Crippen molar-refractivity contribution >= 4 is 17.1 Å². The lowest BCUT2D eigenvalue weighted by molar-refractivity contribution is 0.101. The van der Waals surface area contributed by atoms with Gasteiger partial charge in [-0.25, -0.2) is 4.98 Å². The molecule has 2 aromatic rings. The van der Waals surface area contributed by atoms with Crippen LogP contribution in [0.3, 0.4) is 0 Å². The van der Waals surface area contributed by atoms with Gasteiger partial charge in [-0.3, -0.25) is 4.79 Å². The molecule has 78 valence electrons. The second-order valence-corrected chi connectivity index (χ2v) is 4.28. The molecule has 0 bridgehead atoms. The van der Waals surface area contributed by atoms with Crippen LogP contribution in [-0.4, -0.2) is 10.8 Å². The van der Waals surface area contributed by atoms with Crippen molar-refractivity contribution in [1.29, 1.82) is 0 Å². The summed E-state index contributed by atoms with van der Waals surface area (Å²) in [7, 11) is 0. The molecule has 2 rings (SSSR count). The largest absolute Gasteiger partial charge is 0.466 e. The molecule has 0 aliphatic rings. The van der Waals surface area contributed by atoms with Crippen LogP contribution in [0, 0.1) is 13.8 Å². The molecule has 3 nitrogen and oxygen atoms in total. The highest BCUT2D eigenvalue weighted by Gasteiger charge is 2.12. The summed E-state index contributed by atoms with van der Waals surface area (Å²) in [6.07, 6.45) is 0. The summed E-state index contributed by atoms with van der Waals surface area (Å²) in [4.78, 5) is 15.4. The zero-order valence-electron chi connectivity index (χ0n) is 8.83. The minimum atomic E-state index is 0.00381. The van der Waals surface area contributed by atoms with Crippen LogP contribution in [0.1, 0.15) is 28.2 Å². The molecule has 0 spiro atoms. The lowest BCUT2D eigenvalue weighted by atomic mass is 10.2. The van der Waals surface area contributed by atoms with E-state index in [4.69, 9.17) is 4.42 Å². The third-order valence-corrected chi connectivity index (χ3v) is 3.07. The maximum atomic E-state index is 11.1. The first-order valence-electron chi connectivity index (χ1n) is 4.62. The van der Waals surface area contributed by atoms with Gasteiger partial charge in [-0.2, -0.15) is 0 Å². The number of carbonyl (C=O) groups is 1. The van der Waals surface area contributed by atoms with Crippen molar-refractivity contribution in [3.8, 4) is 11.3 Å². The Balaban J connectivity index is 2.45. The number of carbonyl (C=O) groups excluding carboxylic acids is 1. The molecule has 0 amide bonds. The predicted molar refractivity (Wildman–Crippen MR) is 59.3 cm³/mol. The van der Waals surface area contributed by atoms with Gasteiger partial charge < -0.3 is 4.42 Å². The Labute approximate surface area is 91.8 Å². The summed E-state index contributed by atoms with van der Waals surface area (Å²) in [5.41, 5.74) is 1.79. The van der Waals surface area contributed by atoms with E-state index in [9.17, 15) is 4.79 Å². The Morgan fingerprint density at radius 3 is 2.67 bits per heavy atom. The second kappa shape index (κ2) is 3.62. The van der Waals surface area contributed by atoms with Crippen LogP contribution in [0.25, 0.3) is 11.3 Å². The Bertz CT molecular complexity index is 510. The fourth-order valence-electron chi connectivity index (χ4n) is 1.44. The summed E-state index contributed by atoms with van der Waals surface area (Å²) < 4.78 is 5.42. The number of hydrogen-bond donors (Lipinski definition) is 0. The number of nitrogens with zero attached hydrogens (tertiary/aromatic N) is 1. The van der Waals surface area contributed by atoms with Gasteiger partial charge in [0.1, 0.15) is 11.5 Å². The molecule has 0 unspecified atom stereocenters. The number of rotatable bonds is 2. The Hall–Kier alpha value is -1.42. The molecular formula is C11H11NO2S. The zero-order chi connectivity index (χ0) is 11.0. The van der Waals surface area contributed by atoms with Crippen molar-refractivity contribution in [2.75, 3.05) is 0 Å². The molecule has 0 saturated carbocycles. The normalized spacial score (nSPS) is 10.6. The van der Waals surface area contributed by atoms with Crippen LogP contribution >= 0.6 is 11.3 Å². The van der Waals surface area contributed by atoms with Gasteiger partial charge in [0.2, 0.25) is 0 Å². The minimum absolute atomic E-state index is 0.00381. The fraction of sp³-hybridized carbons (Fsp3) is 0.273. The van der Waals surface area contributed by atoms with Crippen molar-refractivity contribution < 1.29 is 9.21 Å². The number of ketones is 1. The van der Waals surface area contributed by atoms with Crippen LogP contribution in [0.5, 0.6) is 0 Å². The van der Waals surface area contributed by atoms with Crippen molar-refractivity contribution in [2.45, 2.75) is 20.8 Å². The van der Waals surface area contributed by atoms with E-state index < -0.39 is 0 Å². The molecule has 15 heavy (non-hydrogen) atoms. The van der Waals surface area contributed by atoms with Crippen LogP contribution < -0.4 is 0 Å². The van der Waals surface area contributed by atoms with E-state index in [-0.39, 0.29) is 5.78 Å². The van der Waals surface area contributed by atoms with Crippen molar-refractivity contribution in [1.82, 2.24) is 4.98 Å². The molecule has 2 aromatic heterocycles. The number of furan rings is 1. The molecule has 0 atom stereocenters.